The van der Waals surface area contributed by atoms with Crippen molar-refractivity contribution in [3.05, 3.63) is 34.5 Å². The molecule has 2 rings (SSSR count). The van der Waals surface area contributed by atoms with Gasteiger partial charge in [0.2, 0.25) is 5.69 Å². The summed E-state index contributed by atoms with van der Waals surface area (Å²) in [6.45, 7) is 0. The summed E-state index contributed by atoms with van der Waals surface area (Å²) in [5, 5.41) is 8.76. The Morgan fingerprint density at radius 2 is 2.27 bits per heavy atom. The summed E-state index contributed by atoms with van der Waals surface area (Å²) in [5.74, 6) is -1.32. The lowest BCUT2D eigenvalue weighted by atomic mass is 10.3. The molecule has 2 heterocycles. The average molecular weight is 205 g/mol. The fourth-order valence-corrected chi connectivity index (χ4v) is 1.31. The molecule has 15 heavy (non-hydrogen) atoms. The molecule has 0 saturated heterocycles. The molecule has 0 aliphatic carbocycles. The van der Waals surface area contributed by atoms with E-state index in [2.05, 4.69) is 9.97 Å². The number of aryl methyl sites for hydroxylation is 1. The van der Waals surface area contributed by atoms with E-state index in [1.165, 1.54) is 24.0 Å². The van der Waals surface area contributed by atoms with Gasteiger partial charge in [-0.15, -0.1) is 0 Å². The number of carboxylic acids is 1. The molecule has 0 spiro atoms. The van der Waals surface area contributed by atoms with Gasteiger partial charge >= 0.3 is 5.97 Å². The summed E-state index contributed by atoms with van der Waals surface area (Å²) in [6, 6.07) is 1.56. The lowest BCUT2D eigenvalue weighted by Gasteiger charge is -2.03. The van der Waals surface area contributed by atoms with E-state index in [1.807, 2.05) is 0 Å². The normalized spacial score (nSPS) is 10.5. The van der Waals surface area contributed by atoms with Crippen LogP contribution in [-0.4, -0.2) is 25.6 Å². The molecule has 76 valence electrons. The first-order valence-electron chi connectivity index (χ1n) is 4.15. The first-order chi connectivity index (χ1) is 7.11. The molecule has 6 heteroatoms. The average Bonchev–Trinajstić information content (AvgIpc) is 2.23. The van der Waals surface area contributed by atoms with E-state index in [9.17, 15) is 9.59 Å². The Morgan fingerprint density at radius 1 is 1.53 bits per heavy atom. The minimum atomic E-state index is -1.32. The Bertz CT molecular complexity index is 603. The molecule has 1 N–H and O–H groups in total. The Balaban J connectivity index is 2.95. The maximum atomic E-state index is 11.5. The topological polar surface area (TPSA) is 85.1 Å². The van der Waals surface area contributed by atoms with E-state index < -0.39 is 17.2 Å². The Kier molecular flexibility index (Phi) is 1.96. The highest BCUT2D eigenvalue weighted by Crippen LogP contribution is 2.06. The number of nitrogens with zero attached hydrogens (tertiary/aromatic N) is 3. The fourth-order valence-electron chi connectivity index (χ4n) is 1.31. The number of carbonyl (C=O) groups is 1. The zero-order valence-electron chi connectivity index (χ0n) is 7.84. The number of aromatic nitrogens is 3. The molecule has 0 fully saturated rings. The monoisotopic (exact) mass is 205 g/mol. The molecule has 2 aromatic rings. The van der Waals surface area contributed by atoms with Crippen molar-refractivity contribution in [2.45, 2.75) is 0 Å². The minimum absolute atomic E-state index is 0.435. The lowest BCUT2D eigenvalue weighted by molar-refractivity contribution is 0.0688. The highest BCUT2D eigenvalue weighted by Gasteiger charge is 2.14. The summed E-state index contributed by atoms with van der Waals surface area (Å²) in [5.41, 5.74) is -0.170. The molecular formula is C9H7N3O3. The van der Waals surface area contributed by atoms with Gasteiger partial charge in [0.05, 0.1) is 17.2 Å². The van der Waals surface area contributed by atoms with Crippen molar-refractivity contribution in [2.75, 3.05) is 0 Å². The van der Waals surface area contributed by atoms with Crippen molar-refractivity contribution in [1.29, 1.82) is 0 Å². The maximum absolute atomic E-state index is 11.5. The van der Waals surface area contributed by atoms with Gasteiger partial charge in [0.25, 0.3) is 5.56 Å². The van der Waals surface area contributed by atoms with E-state index >= 15 is 0 Å². The molecule has 0 radical (unpaired) electrons. The zero-order valence-corrected chi connectivity index (χ0v) is 7.84. The predicted octanol–water partition coefficient (Wildman–Crippen LogP) is 0.0267. The van der Waals surface area contributed by atoms with Gasteiger partial charge in [-0.05, 0) is 6.07 Å². The number of hydrogen-bond acceptors (Lipinski definition) is 4. The lowest BCUT2D eigenvalue weighted by Crippen LogP contribution is -2.26. The van der Waals surface area contributed by atoms with Gasteiger partial charge in [-0.1, -0.05) is 0 Å². The maximum Gasteiger partial charge on any atom is 0.360 e. The van der Waals surface area contributed by atoms with Crippen molar-refractivity contribution in [1.82, 2.24) is 14.5 Å². The van der Waals surface area contributed by atoms with Crippen LogP contribution < -0.4 is 5.56 Å². The molecule has 0 aliphatic heterocycles. The van der Waals surface area contributed by atoms with Crippen LogP contribution in [0.5, 0.6) is 0 Å². The van der Waals surface area contributed by atoms with Crippen LogP contribution in [0.15, 0.2) is 23.3 Å². The number of fused-ring (bicyclic) bond motifs is 1. The van der Waals surface area contributed by atoms with E-state index in [0.29, 0.717) is 11.0 Å². The van der Waals surface area contributed by atoms with E-state index in [0.717, 1.165) is 0 Å². The van der Waals surface area contributed by atoms with Crippen molar-refractivity contribution in [2.24, 2.45) is 7.05 Å². The molecule has 0 aromatic carbocycles. The van der Waals surface area contributed by atoms with Gasteiger partial charge in [-0.3, -0.25) is 9.78 Å². The van der Waals surface area contributed by atoms with E-state index in [4.69, 9.17) is 5.11 Å². The Morgan fingerprint density at radius 3 is 2.93 bits per heavy atom. The second kappa shape index (κ2) is 3.16. The van der Waals surface area contributed by atoms with E-state index in [-0.39, 0.29) is 0 Å². The summed E-state index contributed by atoms with van der Waals surface area (Å²) < 4.78 is 1.22. The van der Waals surface area contributed by atoms with Crippen LogP contribution in [0.2, 0.25) is 0 Å². The first kappa shape index (κ1) is 9.32. The van der Waals surface area contributed by atoms with E-state index in [1.54, 1.807) is 6.07 Å². The molecule has 0 atom stereocenters. The van der Waals surface area contributed by atoms with Crippen LogP contribution in [0.1, 0.15) is 10.5 Å². The van der Waals surface area contributed by atoms with Crippen LogP contribution in [0.4, 0.5) is 0 Å². The smallest absolute Gasteiger partial charge is 0.360 e. The molecule has 0 bridgehead atoms. The molecule has 0 amide bonds. The number of aromatic carboxylic acids is 1. The van der Waals surface area contributed by atoms with Crippen molar-refractivity contribution >= 4 is 17.0 Å². The van der Waals surface area contributed by atoms with Gasteiger partial charge in [-0.25, -0.2) is 9.78 Å². The SMILES string of the molecule is Cn1c(=O)c(C(=O)O)nc2ccncc21. The second-order valence-electron chi connectivity index (χ2n) is 2.99. The van der Waals surface area contributed by atoms with Crippen molar-refractivity contribution < 1.29 is 9.90 Å². The molecule has 0 saturated carbocycles. The molecule has 2 aromatic heterocycles. The second-order valence-corrected chi connectivity index (χ2v) is 2.99. The quantitative estimate of drug-likeness (QED) is 0.709. The van der Waals surface area contributed by atoms with Gasteiger partial charge in [0.15, 0.2) is 0 Å². The number of pyridine rings is 1. The largest absolute Gasteiger partial charge is 0.476 e. The number of carboxylic acid groups (broad SMARTS) is 1. The van der Waals surface area contributed by atoms with Crippen molar-refractivity contribution in [3.8, 4) is 0 Å². The van der Waals surface area contributed by atoms with Crippen LogP contribution in [0.25, 0.3) is 11.0 Å². The fraction of sp³-hybridized carbons (Fsp3) is 0.111. The van der Waals surface area contributed by atoms with Gasteiger partial charge in [-0.2, -0.15) is 0 Å². The Labute approximate surface area is 83.8 Å². The molecule has 0 aliphatic rings. The third kappa shape index (κ3) is 1.35. The highest BCUT2D eigenvalue weighted by molar-refractivity contribution is 5.87. The van der Waals surface area contributed by atoms with Crippen LogP contribution in [0.3, 0.4) is 0 Å². The summed E-state index contributed by atoms with van der Waals surface area (Å²) >= 11 is 0. The summed E-state index contributed by atoms with van der Waals surface area (Å²) in [7, 11) is 1.49. The number of hydrogen-bond donors (Lipinski definition) is 1. The summed E-state index contributed by atoms with van der Waals surface area (Å²) in [6.07, 6.45) is 2.96. The molecule has 0 unspecified atom stereocenters. The zero-order chi connectivity index (χ0) is 11.0. The third-order valence-electron chi connectivity index (χ3n) is 2.08. The predicted molar refractivity (Wildman–Crippen MR) is 51.7 cm³/mol. The standard InChI is InChI=1S/C9H7N3O3/c1-12-6-4-10-3-2-5(6)11-7(8(12)13)9(14)15/h2-4H,1H3,(H,14,15). The van der Waals surface area contributed by atoms with Crippen LogP contribution in [0, 0.1) is 0 Å². The van der Waals surface area contributed by atoms with Gasteiger partial charge in [0.1, 0.15) is 0 Å². The van der Waals surface area contributed by atoms with Crippen molar-refractivity contribution in [3.63, 3.8) is 0 Å². The summed E-state index contributed by atoms with van der Waals surface area (Å²) in [4.78, 5) is 29.8. The number of rotatable bonds is 1. The minimum Gasteiger partial charge on any atom is -0.476 e. The van der Waals surface area contributed by atoms with Gasteiger partial charge < -0.3 is 9.67 Å². The Hall–Kier alpha value is -2.24. The van der Waals surface area contributed by atoms with Crippen LogP contribution in [-0.2, 0) is 7.05 Å². The highest BCUT2D eigenvalue weighted by atomic mass is 16.4. The van der Waals surface area contributed by atoms with Gasteiger partial charge in [0, 0.05) is 13.2 Å². The molecular weight excluding hydrogens is 198 g/mol. The molecule has 6 nitrogen and oxygen atoms in total. The first-order valence-corrected chi connectivity index (χ1v) is 4.15. The third-order valence-corrected chi connectivity index (χ3v) is 2.08. The van der Waals surface area contributed by atoms with Crippen LogP contribution >= 0.6 is 0 Å².